The van der Waals surface area contributed by atoms with Crippen molar-refractivity contribution in [1.29, 1.82) is 5.26 Å². The van der Waals surface area contributed by atoms with Crippen LogP contribution in [0.2, 0.25) is 0 Å². The van der Waals surface area contributed by atoms with Gasteiger partial charge in [0.05, 0.1) is 12.2 Å². The van der Waals surface area contributed by atoms with Crippen molar-refractivity contribution in [3.63, 3.8) is 0 Å². The van der Waals surface area contributed by atoms with Crippen molar-refractivity contribution in [2.75, 3.05) is 13.1 Å². The van der Waals surface area contributed by atoms with E-state index in [4.69, 9.17) is 11.0 Å². The first kappa shape index (κ1) is 17.1. The van der Waals surface area contributed by atoms with E-state index in [2.05, 4.69) is 21.3 Å². The third-order valence-corrected chi connectivity index (χ3v) is 5.76. The average Bonchev–Trinajstić information content (AvgIpc) is 3.29. The van der Waals surface area contributed by atoms with Crippen LogP contribution in [0.5, 0.6) is 0 Å². The Hall–Kier alpha value is -2.30. The molecule has 1 aliphatic carbocycles. The Morgan fingerprint density at radius 3 is 2.65 bits per heavy atom. The molecule has 1 saturated heterocycles. The minimum atomic E-state index is -0.211. The Morgan fingerprint density at radius 1 is 1.19 bits per heavy atom. The molecular formula is C19H23FN6. The van der Waals surface area contributed by atoms with Gasteiger partial charge in [0, 0.05) is 18.6 Å². The molecule has 6 nitrogen and oxygen atoms in total. The lowest BCUT2D eigenvalue weighted by Gasteiger charge is -2.38. The van der Waals surface area contributed by atoms with Crippen LogP contribution >= 0.6 is 0 Å². The maximum Gasteiger partial charge on any atom is 0.182 e. The number of nitrogens with zero attached hydrogens (tertiary/aromatic N) is 5. The number of hydrogen-bond acceptors (Lipinski definition) is 5. The molecule has 1 aromatic heterocycles. The Balaban J connectivity index is 1.61. The van der Waals surface area contributed by atoms with Crippen molar-refractivity contribution in [1.82, 2.24) is 19.9 Å². The fourth-order valence-corrected chi connectivity index (χ4v) is 4.51. The summed E-state index contributed by atoms with van der Waals surface area (Å²) in [6.45, 7) is 1.92. The highest BCUT2D eigenvalue weighted by molar-refractivity contribution is 5.23. The van der Waals surface area contributed by atoms with Crippen LogP contribution in [0.4, 0.5) is 4.39 Å². The number of nitrogens with two attached hydrogens (primary N) is 1. The Kier molecular flexibility index (Phi) is 4.70. The summed E-state index contributed by atoms with van der Waals surface area (Å²) in [6.07, 6.45) is 5.78. The van der Waals surface area contributed by atoms with Crippen LogP contribution < -0.4 is 5.73 Å². The third-order valence-electron chi connectivity index (χ3n) is 5.76. The molecule has 4 unspecified atom stereocenters. The van der Waals surface area contributed by atoms with E-state index in [9.17, 15) is 4.39 Å². The average molecular weight is 354 g/mol. The fraction of sp³-hybridized carbons (Fsp3) is 0.526. The van der Waals surface area contributed by atoms with Gasteiger partial charge in [-0.1, -0.05) is 17.3 Å². The van der Waals surface area contributed by atoms with E-state index in [0.29, 0.717) is 17.7 Å². The van der Waals surface area contributed by atoms with Crippen LogP contribution in [0.1, 0.15) is 48.9 Å². The molecule has 2 heterocycles. The second kappa shape index (κ2) is 7.14. The van der Waals surface area contributed by atoms with E-state index in [1.807, 2.05) is 16.8 Å². The van der Waals surface area contributed by atoms with Crippen molar-refractivity contribution in [2.45, 2.75) is 49.7 Å². The highest BCUT2D eigenvalue weighted by Crippen LogP contribution is 2.43. The molecule has 1 saturated carbocycles. The zero-order valence-electron chi connectivity index (χ0n) is 14.6. The Bertz CT molecular complexity index is 795. The molecule has 7 heteroatoms. The first-order valence-corrected chi connectivity index (χ1v) is 9.21. The molecule has 2 aromatic rings. The maximum atomic E-state index is 13.3. The van der Waals surface area contributed by atoms with Gasteiger partial charge in [0.2, 0.25) is 0 Å². The highest BCUT2D eigenvalue weighted by Gasteiger charge is 2.41. The maximum absolute atomic E-state index is 13.3. The number of benzene rings is 1. The van der Waals surface area contributed by atoms with Crippen LogP contribution in [-0.4, -0.2) is 45.1 Å². The van der Waals surface area contributed by atoms with E-state index >= 15 is 0 Å². The van der Waals surface area contributed by atoms with Gasteiger partial charge >= 0.3 is 0 Å². The molecule has 1 aromatic carbocycles. The number of halogens is 1. The van der Waals surface area contributed by atoms with Gasteiger partial charge in [0.25, 0.3) is 0 Å². The summed E-state index contributed by atoms with van der Waals surface area (Å²) >= 11 is 0. The summed E-state index contributed by atoms with van der Waals surface area (Å²) in [4.78, 5) is 2.47. The lowest BCUT2D eigenvalue weighted by molar-refractivity contribution is 0.119. The van der Waals surface area contributed by atoms with E-state index in [-0.39, 0.29) is 17.9 Å². The number of hydrogen-bond donors (Lipinski definition) is 1. The van der Waals surface area contributed by atoms with Crippen molar-refractivity contribution in [3.8, 4) is 6.07 Å². The standard InChI is InChI=1S/C19H23FN6/c20-15-5-3-13(4-6-15)14-8-18(25-7-1-2-16(22)11-25)19(9-14)26-12-17(10-21)23-24-26/h3-6,12,14,16,18-19H,1-2,7-9,11,22H2. The normalized spacial score (nSPS) is 29.6. The van der Waals surface area contributed by atoms with E-state index < -0.39 is 0 Å². The lowest BCUT2D eigenvalue weighted by atomic mass is 9.97. The first-order chi connectivity index (χ1) is 12.6. The minimum absolute atomic E-state index is 0.143. The fourth-order valence-electron chi connectivity index (χ4n) is 4.51. The van der Waals surface area contributed by atoms with Crippen molar-refractivity contribution >= 4 is 0 Å². The number of likely N-dealkylation sites (tertiary alicyclic amines) is 1. The molecular weight excluding hydrogens is 331 g/mol. The number of aromatic nitrogens is 3. The molecule has 1 aliphatic heterocycles. The number of rotatable bonds is 3. The quantitative estimate of drug-likeness (QED) is 0.913. The summed E-state index contributed by atoms with van der Waals surface area (Å²) in [7, 11) is 0. The van der Waals surface area contributed by atoms with Crippen LogP contribution in [-0.2, 0) is 0 Å². The van der Waals surface area contributed by atoms with Crippen molar-refractivity contribution < 1.29 is 4.39 Å². The van der Waals surface area contributed by atoms with Crippen molar-refractivity contribution in [3.05, 3.63) is 47.5 Å². The number of piperidine rings is 1. The molecule has 0 spiro atoms. The summed E-state index contributed by atoms with van der Waals surface area (Å²) in [5.74, 6) is 0.121. The predicted octanol–water partition coefficient (Wildman–Crippen LogP) is 2.20. The van der Waals surface area contributed by atoms with Crippen LogP contribution in [0.15, 0.2) is 30.5 Å². The highest BCUT2D eigenvalue weighted by atomic mass is 19.1. The SMILES string of the molecule is N#Cc1cn(C2CC(c3ccc(F)cc3)CC2N2CCCC(N)C2)nn1. The molecule has 2 aliphatic rings. The largest absolute Gasteiger partial charge is 0.327 e. The minimum Gasteiger partial charge on any atom is -0.327 e. The molecule has 2 fully saturated rings. The zero-order valence-corrected chi connectivity index (χ0v) is 14.6. The number of nitriles is 1. The molecule has 0 bridgehead atoms. The van der Waals surface area contributed by atoms with Crippen LogP contribution in [0.3, 0.4) is 0 Å². The molecule has 26 heavy (non-hydrogen) atoms. The predicted molar refractivity (Wildman–Crippen MR) is 94.7 cm³/mol. The molecule has 136 valence electrons. The van der Waals surface area contributed by atoms with Crippen molar-refractivity contribution in [2.24, 2.45) is 5.73 Å². The topological polar surface area (TPSA) is 83.8 Å². The van der Waals surface area contributed by atoms with E-state index in [1.165, 1.54) is 12.1 Å². The van der Waals surface area contributed by atoms with Gasteiger partial charge in [0.15, 0.2) is 5.69 Å². The smallest absolute Gasteiger partial charge is 0.182 e. The lowest BCUT2D eigenvalue weighted by Crippen LogP contribution is -2.49. The van der Waals surface area contributed by atoms with Gasteiger partial charge in [-0.25, -0.2) is 9.07 Å². The third kappa shape index (κ3) is 3.35. The molecule has 4 atom stereocenters. The monoisotopic (exact) mass is 354 g/mol. The first-order valence-electron chi connectivity index (χ1n) is 9.21. The van der Waals surface area contributed by atoms with Gasteiger partial charge in [0.1, 0.15) is 11.9 Å². The van der Waals surface area contributed by atoms with Crippen LogP contribution in [0.25, 0.3) is 0 Å². The zero-order chi connectivity index (χ0) is 18.1. The van der Waals surface area contributed by atoms with Gasteiger partial charge in [-0.15, -0.1) is 5.10 Å². The van der Waals surface area contributed by atoms with Gasteiger partial charge < -0.3 is 5.73 Å². The van der Waals surface area contributed by atoms with E-state index in [0.717, 1.165) is 44.3 Å². The Morgan fingerprint density at radius 2 is 1.96 bits per heavy atom. The van der Waals surface area contributed by atoms with E-state index in [1.54, 1.807) is 6.20 Å². The summed E-state index contributed by atoms with van der Waals surface area (Å²) in [5.41, 5.74) is 7.69. The summed E-state index contributed by atoms with van der Waals surface area (Å²) in [6, 6.07) is 9.51. The second-order valence-corrected chi connectivity index (χ2v) is 7.45. The molecule has 4 rings (SSSR count). The second-order valence-electron chi connectivity index (χ2n) is 7.45. The van der Waals surface area contributed by atoms with Gasteiger partial charge in [-0.2, -0.15) is 5.26 Å². The molecule has 2 N–H and O–H groups in total. The molecule has 0 amide bonds. The summed E-state index contributed by atoms with van der Waals surface area (Å²) < 4.78 is 15.1. The Labute approximate surface area is 152 Å². The van der Waals surface area contributed by atoms with Gasteiger partial charge in [-0.05, 0) is 55.8 Å². The van der Waals surface area contributed by atoms with Crippen LogP contribution in [0, 0.1) is 17.1 Å². The summed E-state index contributed by atoms with van der Waals surface area (Å²) in [5, 5.41) is 17.2. The molecule has 0 radical (unpaired) electrons. The van der Waals surface area contributed by atoms with Gasteiger partial charge in [-0.3, -0.25) is 4.90 Å².